The van der Waals surface area contributed by atoms with Gasteiger partial charge in [0.1, 0.15) is 16.4 Å². The molecule has 1 aliphatic rings. The van der Waals surface area contributed by atoms with E-state index in [4.69, 9.17) is 4.42 Å². The summed E-state index contributed by atoms with van der Waals surface area (Å²) in [6.45, 7) is 6.43. The Labute approximate surface area is 115 Å². The molecular weight excluding hydrogens is 264 g/mol. The summed E-state index contributed by atoms with van der Waals surface area (Å²) in [6, 6.07) is 0.173. The predicted molar refractivity (Wildman–Crippen MR) is 73.5 cm³/mol. The maximum Gasteiger partial charge on any atom is 0.247 e. The molecule has 1 aromatic rings. The summed E-state index contributed by atoms with van der Waals surface area (Å²) >= 11 is 0. The van der Waals surface area contributed by atoms with E-state index in [1.807, 2.05) is 13.8 Å². The fourth-order valence-electron chi connectivity index (χ4n) is 2.53. The SMILES string of the molecule is CCN(C1CC1)S(=O)(=O)c1c(C)oc(C)c1CNC. The van der Waals surface area contributed by atoms with E-state index >= 15 is 0 Å². The Bertz CT molecular complexity index is 559. The Hall–Kier alpha value is -0.850. The van der Waals surface area contributed by atoms with Crippen molar-refractivity contribution < 1.29 is 12.8 Å². The molecule has 6 heteroatoms. The minimum absolute atomic E-state index is 0.173. The van der Waals surface area contributed by atoms with E-state index < -0.39 is 10.0 Å². The zero-order valence-corrected chi connectivity index (χ0v) is 12.8. The van der Waals surface area contributed by atoms with Crippen LogP contribution in [-0.4, -0.2) is 32.4 Å². The van der Waals surface area contributed by atoms with E-state index in [-0.39, 0.29) is 6.04 Å². The van der Waals surface area contributed by atoms with E-state index in [1.165, 1.54) is 0 Å². The first kappa shape index (κ1) is 14.6. The smallest absolute Gasteiger partial charge is 0.247 e. The van der Waals surface area contributed by atoms with E-state index in [2.05, 4.69) is 5.32 Å². The third-order valence-corrected chi connectivity index (χ3v) is 5.73. The van der Waals surface area contributed by atoms with Crippen LogP contribution >= 0.6 is 0 Å². The standard InChI is InChI=1S/C13H22N2O3S/c1-5-15(11-6-7-11)19(16,17)13-10(3)18-9(2)12(13)8-14-4/h11,14H,5-8H2,1-4H3. The van der Waals surface area contributed by atoms with Gasteiger partial charge < -0.3 is 9.73 Å². The van der Waals surface area contributed by atoms with Crippen molar-refractivity contribution in [3.05, 3.63) is 17.1 Å². The summed E-state index contributed by atoms with van der Waals surface area (Å²) in [5, 5.41) is 3.01. The third-order valence-electron chi connectivity index (χ3n) is 3.51. The number of hydrogen-bond donors (Lipinski definition) is 1. The van der Waals surface area contributed by atoms with Gasteiger partial charge in [0.05, 0.1) is 0 Å². The van der Waals surface area contributed by atoms with Gasteiger partial charge in [-0.2, -0.15) is 4.31 Å². The molecular formula is C13H22N2O3S. The third kappa shape index (κ3) is 2.57. The van der Waals surface area contributed by atoms with Crippen LogP contribution in [0.5, 0.6) is 0 Å². The van der Waals surface area contributed by atoms with Crippen molar-refractivity contribution in [3.63, 3.8) is 0 Å². The summed E-state index contributed by atoms with van der Waals surface area (Å²) in [4.78, 5) is 0.355. The lowest BCUT2D eigenvalue weighted by atomic mass is 10.2. The first-order valence-corrected chi connectivity index (χ1v) is 8.12. The molecule has 1 aromatic heterocycles. The normalized spacial score (nSPS) is 16.3. The molecule has 0 aromatic carbocycles. The molecule has 1 saturated carbocycles. The number of hydrogen-bond acceptors (Lipinski definition) is 4. The van der Waals surface area contributed by atoms with E-state index in [0.29, 0.717) is 29.5 Å². The quantitative estimate of drug-likeness (QED) is 0.866. The lowest BCUT2D eigenvalue weighted by molar-refractivity contribution is 0.418. The first-order chi connectivity index (χ1) is 8.93. The van der Waals surface area contributed by atoms with E-state index in [1.54, 1.807) is 18.3 Å². The number of nitrogens with one attached hydrogen (secondary N) is 1. The molecule has 0 atom stereocenters. The Kier molecular flexibility index (Phi) is 4.03. The number of nitrogens with zero attached hydrogens (tertiary/aromatic N) is 1. The zero-order valence-electron chi connectivity index (χ0n) is 12.0. The Balaban J connectivity index is 2.50. The molecule has 19 heavy (non-hydrogen) atoms. The number of furan rings is 1. The molecule has 5 nitrogen and oxygen atoms in total. The van der Waals surface area contributed by atoms with Crippen LogP contribution in [0.4, 0.5) is 0 Å². The second-order valence-corrected chi connectivity index (χ2v) is 6.82. The van der Waals surface area contributed by atoms with Gasteiger partial charge in [-0.3, -0.25) is 0 Å². The molecule has 1 heterocycles. The molecule has 108 valence electrons. The number of aryl methyl sites for hydroxylation is 2. The van der Waals surface area contributed by atoms with Crippen LogP contribution in [0.1, 0.15) is 36.8 Å². The molecule has 1 N–H and O–H groups in total. The van der Waals surface area contributed by atoms with Gasteiger partial charge in [0.15, 0.2) is 0 Å². The van der Waals surface area contributed by atoms with Crippen LogP contribution in [0.2, 0.25) is 0 Å². The lowest BCUT2D eigenvalue weighted by Crippen LogP contribution is -2.33. The van der Waals surface area contributed by atoms with Gasteiger partial charge in [-0.25, -0.2) is 8.42 Å². The van der Waals surface area contributed by atoms with Crippen LogP contribution in [-0.2, 0) is 16.6 Å². The Morgan fingerprint density at radius 2 is 1.95 bits per heavy atom. The molecule has 1 aliphatic carbocycles. The average Bonchev–Trinajstić information content (AvgIpc) is 3.08. The molecule has 0 spiro atoms. The van der Waals surface area contributed by atoms with Gasteiger partial charge in [-0.05, 0) is 33.7 Å². The fourth-order valence-corrected chi connectivity index (χ4v) is 4.64. The maximum absolute atomic E-state index is 12.8. The summed E-state index contributed by atoms with van der Waals surface area (Å²) < 4.78 is 32.8. The summed E-state index contributed by atoms with van der Waals surface area (Å²) in [7, 11) is -1.65. The van der Waals surface area contributed by atoms with Gasteiger partial charge in [0.25, 0.3) is 0 Å². The molecule has 0 saturated heterocycles. The molecule has 0 bridgehead atoms. The number of rotatable bonds is 6. The molecule has 0 unspecified atom stereocenters. The first-order valence-electron chi connectivity index (χ1n) is 6.68. The van der Waals surface area contributed by atoms with Gasteiger partial charge in [-0.15, -0.1) is 0 Å². The van der Waals surface area contributed by atoms with Crippen molar-refractivity contribution in [2.45, 2.75) is 51.1 Å². The van der Waals surface area contributed by atoms with Crippen LogP contribution in [0.15, 0.2) is 9.31 Å². The van der Waals surface area contributed by atoms with E-state index in [9.17, 15) is 8.42 Å². The van der Waals surface area contributed by atoms with Crippen LogP contribution in [0, 0.1) is 13.8 Å². The highest BCUT2D eigenvalue weighted by molar-refractivity contribution is 7.89. The Morgan fingerprint density at radius 3 is 2.42 bits per heavy atom. The summed E-state index contributed by atoms with van der Waals surface area (Å²) in [5.74, 6) is 1.17. The van der Waals surface area contributed by atoms with Crippen LogP contribution in [0.3, 0.4) is 0 Å². The van der Waals surface area contributed by atoms with Crippen LogP contribution < -0.4 is 5.32 Å². The van der Waals surface area contributed by atoms with Crippen molar-refractivity contribution >= 4 is 10.0 Å². The lowest BCUT2D eigenvalue weighted by Gasteiger charge is -2.20. The minimum Gasteiger partial charge on any atom is -0.465 e. The van der Waals surface area contributed by atoms with Crippen molar-refractivity contribution in [1.82, 2.24) is 9.62 Å². The zero-order chi connectivity index (χ0) is 14.2. The van der Waals surface area contributed by atoms with Crippen molar-refractivity contribution in [3.8, 4) is 0 Å². The van der Waals surface area contributed by atoms with Crippen molar-refractivity contribution in [2.24, 2.45) is 0 Å². The highest BCUT2D eigenvalue weighted by Crippen LogP contribution is 2.35. The maximum atomic E-state index is 12.8. The Morgan fingerprint density at radius 1 is 1.32 bits per heavy atom. The highest BCUT2D eigenvalue weighted by atomic mass is 32.2. The molecule has 0 amide bonds. The second-order valence-electron chi connectivity index (χ2n) is 4.99. The molecule has 2 rings (SSSR count). The van der Waals surface area contributed by atoms with E-state index in [0.717, 1.165) is 18.4 Å². The molecule has 1 fully saturated rings. The average molecular weight is 286 g/mol. The monoisotopic (exact) mass is 286 g/mol. The van der Waals surface area contributed by atoms with Crippen LogP contribution in [0.25, 0.3) is 0 Å². The largest absolute Gasteiger partial charge is 0.465 e. The van der Waals surface area contributed by atoms with Gasteiger partial charge >= 0.3 is 0 Å². The predicted octanol–water partition coefficient (Wildman–Crippen LogP) is 1.79. The topological polar surface area (TPSA) is 62.6 Å². The van der Waals surface area contributed by atoms with Crippen molar-refractivity contribution in [2.75, 3.05) is 13.6 Å². The fraction of sp³-hybridized carbons (Fsp3) is 0.692. The minimum atomic E-state index is -3.45. The highest BCUT2D eigenvalue weighted by Gasteiger charge is 2.39. The summed E-state index contributed by atoms with van der Waals surface area (Å²) in [6.07, 6.45) is 1.93. The molecule has 0 aliphatic heterocycles. The van der Waals surface area contributed by atoms with Crippen molar-refractivity contribution in [1.29, 1.82) is 0 Å². The van der Waals surface area contributed by atoms with Gasteiger partial charge in [-0.1, -0.05) is 6.92 Å². The second kappa shape index (κ2) is 5.26. The molecule has 0 radical (unpaired) electrons. The van der Waals surface area contributed by atoms with Gasteiger partial charge in [0, 0.05) is 24.7 Å². The van der Waals surface area contributed by atoms with Gasteiger partial charge in [0.2, 0.25) is 10.0 Å². The summed E-state index contributed by atoms with van der Waals surface area (Å²) in [5.41, 5.74) is 0.749. The number of sulfonamides is 1.